The molecule has 0 saturated heterocycles. The SMILES string of the molecule is C[C@H](C(=O)CCC(C)(C)O)C1CCC2C3CC=C4C[C@@H](O)CC[C@]4(C)C3CC[C@@]21C. The van der Waals surface area contributed by atoms with Crippen molar-refractivity contribution in [3.05, 3.63) is 11.6 Å². The highest BCUT2D eigenvalue weighted by Crippen LogP contribution is 2.67. The Balaban J connectivity index is 1.51. The van der Waals surface area contributed by atoms with E-state index in [-0.39, 0.29) is 22.9 Å². The van der Waals surface area contributed by atoms with Gasteiger partial charge in [-0.2, -0.15) is 0 Å². The summed E-state index contributed by atoms with van der Waals surface area (Å²) in [4.78, 5) is 13.0. The Bertz CT molecular complexity index is 703. The second kappa shape index (κ2) is 7.73. The van der Waals surface area contributed by atoms with Crippen LogP contribution in [-0.2, 0) is 4.79 Å². The van der Waals surface area contributed by atoms with E-state index in [0.717, 1.165) is 37.0 Å². The van der Waals surface area contributed by atoms with E-state index in [1.165, 1.54) is 37.7 Å². The molecular formula is C27H44O3. The summed E-state index contributed by atoms with van der Waals surface area (Å²) >= 11 is 0. The zero-order chi connectivity index (χ0) is 21.9. The number of aliphatic hydroxyl groups is 2. The zero-order valence-corrected chi connectivity index (χ0v) is 19.9. The van der Waals surface area contributed by atoms with Gasteiger partial charge in [-0.3, -0.25) is 4.79 Å². The zero-order valence-electron chi connectivity index (χ0n) is 19.9. The number of Topliss-reactive ketones (excluding diaryl/α,β-unsaturated/α-hetero) is 1. The second-order valence-corrected chi connectivity index (χ2v) is 12.5. The van der Waals surface area contributed by atoms with Crippen molar-refractivity contribution in [1.82, 2.24) is 0 Å². The van der Waals surface area contributed by atoms with Crippen LogP contribution in [0.1, 0.15) is 98.8 Å². The van der Waals surface area contributed by atoms with Gasteiger partial charge in [0.15, 0.2) is 0 Å². The van der Waals surface area contributed by atoms with Gasteiger partial charge in [0.25, 0.3) is 0 Å². The molecule has 30 heavy (non-hydrogen) atoms. The second-order valence-electron chi connectivity index (χ2n) is 12.5. The minimum atomic E-state index is -0.759. The van der Waals surface area contributed by atoms with Gasteiger partial charge in [-0.25, -0.2) is 0 Å². The summed E-state index contributed by atoms with van der Waals surface area (Å²) in [6, 6.07) is 0. The van der Waals surface area contributed by atoms with E-state index >= 15 is 0 Å². The Morgan fingerprint density at radius 3 is 2.60 bits per heavy atom. The monoisotopic (exact) mass is 416 g/mol. The highest BCUT2D eigenvalue weighted by molar-refractivity contribution is 5.81. The van der Waals surface area contributed by atoms with Gasteiger partial charge in [0, 0.05) is 12.3 Å². The van der Waals surface area contributed by atoms with Crippen LogP contribution < -0.4 is 0 Å². The molecule has 0 radical (unpaired) electrons. The van der Waals surface area contributed by atoms with Crippen LogP contribution in [0.4, 0.5) is 0 Å². The molecule has 4 unspecified atom stereocenters. The molecular weight excluding hydrogens is 372 g/mol. The molecule has 3 heteroatoms. The Hall–Kier alpha value is -0.670. The number of hydrogen-bond acceptors (Lipinski definition) is 3. The van der Waals surface area contributed by atoms with E-state index in [1.54, 1.807) is 13.8 Å². The molecule has 0 amide bonds. The standard InChI is InChI=1S/C27H44O3/c1-17(24(29)12-13-25(2,3)30)21-8-9-22-20-7-6-18-16-19(28)10-14-26(18,4)23(20)11-15-27(21,22)5/h6,17,19-23,28,30H,7-16H2,1-5H3/t17-,19-,20?,21?,22?,23?,26-,27+/m0/s1. The topological polar surface area (TPSA) is 57.5 Å². The molecule has 0 aromatic heterocycles. The normalized spacial score (nSPS) is 44.5. The molecule has 3 nitrogen and oxygen atoms in total. The third-order valence-electron chi connectivity index (χ3n) is 10.2. The first-order valence-electron chi connectivity index (χ1n) is 12.6. The molecule has 170 valence electrons. The lowest BCUT2D eigenvalue weighted by Gasteiger charge is -2.58. The predicted octanol–water partition coefficient (Wildman–Crippen LogP) is 5.68. The van der Waals surface area contributed by atoms with Crippen LogP contribution in [0.25, 0.3) is 0 Å². The van der Waals surface area contributed by atoms with Gasteiger partial charge in [0.05, 0.1) is 11.7 Å². The molecule has 4 aliphatic carbocycles. The summed E-state index contributed by atoms with van der Waals surface area (Å²) in [5.41, 5.74) is 1.34. The van der Waals surface area contributed by atoms with Crippen molar-refractivity contribution in [2.45, 2.75) is 111 Å². The fourth-order valence-corrected chi connectivity index (χ4v) is 8.38. The smallest absolute Gasteiger partial charge is 0.136 e. The highest BCUT2D eigenvalue weighted by Gasteiger charge is 2.59. The number of allylic oxidation sites excluding steroid dienone is 1. The van der Waals surface area contributed by atoms with Crippen LogP contribution >= 0.6 is 0 Å². The number of rotatable bonds is 5. The van der Waals surface area contributed by atoms with Crippen LogP contribution in [-0.4, -0.2) is 27.7 Å². The Morgan fingerprint density at radius 1 is 1.17 bits per heavy atom. The summed E-state index contributed by atoms with van der Waals surface area (Å²) in [5.74, 6) is 3.18. The molecule has 0 spiro atoms. The van der Waals surface area contributed by atoms with Crippen LogP contribution in [0, 0.1) is 40.4 Å². The van der Waals surface area contributed by atoms with Gasteiger partial charge >= 0.3 is 0 Å². The van der Waals surface area contributed by atoms with Crippen molar-refractivity contribution in [3.8, 4) is 0 Å². The van der Waals surface area contributed by atoms with Crippen LogP contribution in [0.15, 0.2) is 11.6 Å². The molecule has 4 rings (SSSR count). The first-order chi connectivity index (χ1) is 14.0. The van der Waals surface area contributed by atoms with Gasteiger partial charge in [-0.15, -0.1) is 0 Å². The molecule has 0 bridgehead atoms. The Labute approximate surface area is 183 Å². The fourth-order valence-electron chi connectivity index (χ4n) is 8.38. The molecule has 4 aliphatic rings. The number of aliphatic hydroxyl groups excluding tert-OH is 1. The van der Waals surface area contributed by atoms with Crippen molar-refractivity contribution in [2.75, 3.05) is 0 Å². The molecule has 3 saturated carbocycles. The largest absolute Gasteiger partial charge is 0.393 e. The minimum Gasteiger partial charge on any atom is -0.393 e. The fraction of sp³-hybridized carbons (Fsp3) is 0.889. The Kier molecular flexibility index (Phi) is 5.80. The number of ketones is 1. The van der Waals surface area contributed by atoms with E-state index in [4.69, 9.17) is 0 Å². The number of hydrogen-bond donors (Lipinski definition) is 2. The molecule has 8 atom stereocenters. The van der Waals surface area contributed by atoms with Crippen molar-refractivity contribution in [3.63, 3.8) is 0 Å². The van der Waals surface area contributed by atoms with E-state index < -0.39 is 5.60 Å². The molecule has 2 N–H and O–H groups in total. The minimum absolute atomic E-state index is 0.106. The first kappa shape index (κ1) is 22.5. The number of carbonyl (C=O) groups is 1. The first-order valence-corrected chi connectivity index (χ1v) is 12.6. The number of carbonyl (C=O) groups excluding carboxylic acids is 1. The maximum absolute atomic E-state index is 13.0. The summed E-state index contributed by atoms with van der Waals surface area (Å²) in [5, 5.41) is 20.2. The van der Waals surface area contributed by atoms with E-state index in [1.807, 2.05) is 0 Å². The lowest BCUT2D eigenvalue weighted by atomic mass is 9.47. The van der Waals surface area contributed by atoms with E-state index in [2.05, 4.69) is 26.8 Å². The van der Waals surface area contributed by atoms with Gasteiger partial charge in [-0.1, -0.05) is 32.4 Å². The highest BCUT2D eigenvalue weighted by atomic mass is 16.3. The molecule has 0 aliphatic heterocycles. The lowest BCUT2D eigenvalue weighted by molar-refractivity contribution is -0.128. The summed E-state index contributed by atoms with van der Waals surface area (Å²) in [6.07, 6.45) is 12.6. The third kappa shape index (κ3) is 3.72. The van der Waals surface area contributed by atoms with Crippen LogP contribution in [0.5, 0.6) is 0 Å². The van der Waals surface area contributed by atoms with Crippen molar-refractivity contribution < 1.29 is 15.0 Å². The molecule has 0 aromatic carbocycles. The van der Waals surface area contributed by atoms with Crippen LogP contribution in [0.3, 0.4) is 0 Å². The van der Waals surface area contributed by atoms with Gasteiger partial charge < -0.3 is 10.2 Å². The maximum Gasteiger partial charge on any atom is 0.136 e. The van der Waals surface area contributed by atoms with E-state index in [9.17, 15) is 15.0 Å². The maximum atomic E-state index is 13.0. The average Bonchev–Trinajstić information content (AvgIpc) is 3.02. The molecule has 0 aromatic rings. The summed E-state index contributed by atoms with van der Waals surface area (Å²) in [7, 11) is 0. The van der Waals surface area contributed by atoms with E-state index in [0.29, 0.717) is 24.5 Å². The van der Waals surface area contributed by atoms with Crippen molar-refractivity contribution in [1.29, 1.82) is 0 Å². The predicted molar refractivity (Wildman–Crippen MR) is 121 cm³/mol. The quantitative estimate of drug-likeness (QED) is 0.567. The van der Waals surface area contributed by atoms with Crippen LogP contribution in [0.2, 0.25) is 0 Å². The average molecular weight is 417 g/mol. The van der Waals surface area contributed by atoms with Crippen molar-refractivity contribution in [2.24, 2.45) is 40.4 Å². The summed E-state index contributed by atoms with van der Waals surface area (Å²) in [6.45, 7) is 10.8. The van der Waals surface area contributed by atoms with Gasteiger partial charge in [0.1, 0.15) is 5.78 Å². The van der Waals surface area contributed by atoms with Gasteiger partial charge in [0.2, 0.25) is 0 Å². The molecule has 3 fully saturated rings. The number of fused-ring (bicyclic) bond motifs is 5. The molecule has 0 heterocycles. The summed E-state index contributed by atoms with van der Waals surface area (Å²) < 4.78 is 0. The van der Waals surface area contributed by atoms with Gasteiger partial charge in [-0.05, 0) is 106 Å². The van der Waals surface area contributed by atoms with Crippen molar-refractivity contribution >= 4 is 5.78 Å². The third-order valence-corrected chi connectivity index (χ3v) is 10.2. The lowest BCUT2D eigenvalue weighted by Crippen LogP contribution is -2.51. The Morgan fingerprint density at radius 2 is 1.90 bits per heavy atom.